The Bertz CT molecular complexity index is 650. The van der Waals surface area contributed by atoms with Crippen molar-refractivity contribution in [3.8, 4) is 11.4 Å². The fraction of sp³-hybridized carbons (Fsp3) is 0.0909. The summed E-state index contributed by atoms with van der Waals surface area (Å²) in [6.07, 6.45) is 1.84. The molecular formula is C11H9N5OS2. The molecule has 96 valence electrons. The van der Waals surface area contributed by atoms with Crippen LogP contribution in [0.3, 0.4) is 0 Å². The number of thioether (sulfide) groups is 1. The van der Waals surface area contributed by atoms with E-state index in [-0.39, 0.29) is 5.75 Å². The summed E-state index contributed by atoms with van der Waals surface area (Å²) in [5, 5.41) is 21.6. The van der Waals surface area contributed by atoms with Crippen molar-refractivity contribution in [3.63, 3.8) is 0 Å². The van der Waals surface area contributed by atoms with Crippen LogP contribution in [0.1, 0.15) is 4.88 Å². The smallest absolute Gasteiger partial charge is 0.214 e. The molecular weight excluding hydrogens is 282 g/mol. The minimum absolute atomic E-state index is 0.218. The van der Waals surface area contributed by atoms with Crippen molar-refractivity contribution in [1.29, 1.82) is 0 Å². The van der Waals surface area contributed by atoms with E-state index in [9.17, 15) is 5.11 Å². The van der Waals surface area contributed by atoms with E-state index in [2.05, 4.69) is 20.5 Å². The van der Waals surface area contributed by atoms with Crippen molar-refractivity contribution in [2.45, 2.75) is 10.9 Å². The Morgan fingerprint density at radius 1 is 1.26 bits per heavy atom. The summed E-state index contributed by atoms with van der Waals surface area (Å²) in [6.45, 7) is 0. The quantitative estimate of drug-likeness (QED) is 0.742. The molecule has 1 N–H and O–H groups in total. The van der Waals surface area contributed by atoms with Gasteiger partial charge >= 0.3 is 0 Å². The second-order valence-electron chi connectivity index (χ2n) is 3.65. The van der Waals surface area contributed by atoms with Crippen molar-refractivity contribution >= 4 is 23.1 Å². The Balaban J connectivity index is 1.80. The molecule has 2 aromatic heterocycles. The molecule has 0 saturated heterocycles. The summed E-state index contributed by atoms with van der Waals surface area (Å²) in [4.78, 5) is 5.20. The molecule has 3 rings (SSSR count). The molecule has 0 aliphatic rings. The van der Waals surface area contributed by atoms with E-state index in [0.717, 1.165) is 11.4 Å². The van der Waals surface area contributed by atoms with Crippen LogP contribution in [0.25, 0.3) is 5.69 Å². The van der Waals surface area contributed by atoms with Crippen LogP contribution in [0.4, 0.5) is 0 Å². The summed E-state index contributed by atoms with van der Waals surface area (Å²) in [5.74, 6) is 0.999. The number of thiazole rings is 1. The van der Waals surface area contributed by atoms with Crippen molar-refractivity contribution in [1.82, 2.24) is 25.2 Å². The molecule has 0 aliphatic heterocycles. The second kappa shape index (κ2) is 5.37. The maximum atomic E-state index is 9.28. The zero-order chi connectivity index (χ0) is 13.1. The standard InChI is InChI=1S/C11H9N5OS2/c17-9-3-1-8(2-4-9)16-11(13-14-15-16)18-6-10-5-12-7-19-10/h1-5,7,17H,6H2. The molecule has 0 amide bonds. The minimum atomic E-state index is 0.218. The van der Waals surface area contributed by atoms with Gasteiger partial charge in [0.2, 0.25) is 5.16 Å². The number of hydrogen-bond donors (Lipinski definition) is 1. The maximum absolute atomic E-state index is 9.28. The van der Waals surface area contributed by atoms with E-state index in [1.54, 1.807) is 57.6 Å². The third-order valence-electron chi connectivity index (χ3n) is 2.36. The third kappa shape index (κ3) is 2.74. The highest BCUT2D eigenvalue weighted by Gasteiger charge is 2.09. The molecule has 0 atom stereocenters. The molecule has 0 aliphatic carbocycles. The van der Waals surface area contributed by atoms with Gasteiger partial charge in [0.05, 0.1) is 11.2 Å². The average Bonchev–Trinajstić information content (AvgIpc) is 3.08. The van der Waals surface area contributed by atoms with Crippen LogP contribution in [0.5, 0.6) is 5.75 Å². The van der Waals surface area contributed by atoms with Crippen LogP contribution in [-0.2, 0) is 5.75 Å². The lowest BCUT2D eigenvalue weighted by atomic mass is 10.3. The van der Waals surface area contributed by atoms with E-state index in [0.29, 0.717) is 5.16 Å². The summed E-state index contributed by atoms with van der Waals surface area (Å²) >= 11 is 3.15. The second-order valence-corrected chi connectivity index (χ2v) is 5.56. The Kier molecular flexibility index (Phi) is 3.43. The first-order chi connectivity index (χ1) is 9.33. The lowest BCUT2D eigenvalue weighted by Gasteiger charge is -2.03. The van der Waals surface area contributed by atoms with Crippen LogP contribution in [0, 0.1) is 0 Å². The number of phenolic OH excluding ortho intramolecular Hbond substituents is 1. The molecule has 2 heterocycles. The molecule has 0 bridgehead atoms. The largest absolute Gasteiger partial charge is 0.508 e. The van der Waals surface area contributed by atoms with Crippen LogP contribution < -0.4 is 0 Å². The first-order valence-corrected chi connectivity index (χ1v) is 7.27. The number of aromatic nitrogens is 5. The van der Waals surface area contributed by atoms with Gasteiger partial charge in [-0.2, -0.15) is 4.68 Å². The van der Waals surface area contributed by atoms with Gasteiger partial charge in [-0.3, -0.25) is 4.98 Å². The van der Waals surface area contributed by atoms with Crippen LogP contribution in [0.2, 0.25) is 0 Å². The number of benzene rings is 1. The Hall–Kier alpha value is -1.93. The number of tetrazole rings is 1. The zero-order valence-corrected chi connectivity index (χ0v) is 11.3. The zero-order valence-electron chi connectivity index (χ0n) is 9.67. The van der Waals surface area contributed by atoms with Gasteiger partial charge in [0.25, 0.3) is 0 Å². The molecule has 0 spiro atoms. The first kappa shape index (κ1) is 12.1. The summed E-state index contributed by atoms with van der Waals surface area (Å²) in [7, 11) is 0. The first-order valence-electron chi connectivity index (χ1n) is 5.41. The minimum Gasteiger partial charge on any atom is -0.508 e. The van der Waals surface area contributed by atoms with Crippen molar-refractivity contribution in [2.75, 3.05) is 0 Å². The molecule has 1 aromatic carbocycles. The Morgan fingerprint density at radius 2 is 2.11 bits per heavy atom. The molecule has 6 nitrogen and oxygen atoms in total. The van der Waals surface area contributed by atoms with E-state index in [4.69, 9.17) is 0 Å². The van der Waals surface area contributed by atoms with Gasteiger partial charge in [-0.05, 0) is 34.7 Å². The van der Waals surface area contributed by atoms with E-state index < -0.39 is 0 Å². The predicted molar refractivity (Wildman–Crippen MR) is 72.5 cm³/mol. The average molecular weight is 291 g/mol. The Morgan fingerprint density at radius 3 is 2.84 bits per heavy atom. The van der Waals surface area contributed by atoms with Crippen LogP contribution in [-0.4, -0.2) is 30.3 Å². The Labute approximate surface area is 117 Å². The summed E-state index contributed by atoms with van der Waals surface area (Å²) in [6, 6.07) is 6.74. The number of rotatable bonds is 4. The SMILES string of the molecule is Oc1ccc(-n2nnnc2SCc2cncs2)cc1. The molecule has 0 fully saturated rings. The van der Waals surface area contributed by atoms with Gasteiger partial charge in [0.15, 0.2) is 0 Å². The fourth-order valence-corrected chi connectivity index (χ4v) is 3.01. The van der Waals surface area contributed by atoms with E-state index in [1.165, 1.54) is 4.88 Å². The lowest BCUT2D eigenvalue weighted by Crippen LogP contribution is -1.98. The normalized spacial score (nSPS) is 10.7. The number of hydrogen-bond acceptors (Lipinski definition) is 7. The molecule has 0 saturated carbocycles. The number of nitrogens with zero attached hydrogens (tertiary/aromatic N) is 5. The highest BCUT2D eigenvalue weighted by Crippen LogP contribution is 2.24. The highest BCUT2D eigenvalue weighted by atomic mass is 32.2. The topological polar surface area (TPSA) is 76.7 Å². The predicted octanol–water partition coefficient (Wildman–Crippen LogP) is 2.12. The lowest BCUT2D eigenvalue weighted by molar-refractivity contribution is 0.475. The molecule has 8 heteroatoms. The summed E-state index contributed by atoms with van der Waals surface area (Å²) in [5.41, 5.74) is 2.62. The molecule has 0 unspecified atom stereocenters. The monoisotopic (exact) mass is 291 g/mol. The fourth-order valence-electron chi connectivity index (χ4n) is 1.47. The number of phenols is 1. The van der Waals surface area contributed by atoms with Gasteiger partial charge < -0.3 is 5.11 Å². The van der Waals surface area contributed by atoms with Crippen molar-refractivity contribution in [2.24, 2.45) is 0 Å². The van der Waals surface area contributed by atoms with Crippen LogP contribution in [0.15, 0.2) is 41.1 Å². The van der Waals surface area contributed by atoms with Crippen molar-refractivity contribution < 1.29 is 5.11 Å². The van der Waals surface area contributed by atoms with Gasteiger partial charge in [-0.15, -0.1) is 16.4 Å². The van der Waals surface area contributed by atoms with E-state index in [1.807, 2.05) is 6.20 Å². The maximum Gasteiger partial charge on any atom is 0.214 e. The van der Waals surface area contributed by atoms with Gasteiger partial charge in [0.1, 0.15) is 5.75 Å². The van der Waals surface area contributed by atoms with E-state index >= 15 is 0 Å². The van der Waals surface area contributed by atoms with Gasteiger partial charge in [-0.1, -0.05) is 11.8 Å². The highest BCUT2D eigenvalue weighted by molar-refractivity contribution is 7.98. The molecule has 19 heavy (non-hydrogen) atoms. The third-order valence-corrected chi connectivity index (χ3v) is 4.29. The number of aromatic hydroxyl groups is 1. The van der Waals surface area contributed by atoms with Gasteiger partial charge in [0, 0.05) is 16.8 Å². The molecule has 0 radical (unpaired) electrons. The van der Waals surface area contributed by atoms with Crippen LogP contribution >= 0.6 is 23.1 Å². The summed E-state index contributed by atoms with van der Waals surface area (Å²) < 4.78 is 1.64. The van der Waals surface area contributed by atoms with Crippen molar-refractivity contribution in [3.05, 3.63) is 40.8 Å². The van der Waals surface area contributed by atoms with Gasteiger partial charge in [-0.25, -0.2) is 0 Å². The molecule has 3 aromatic rings.